The predicted molar refractivity (Wildman–Crippen MR) is 171 cm³/mol. The monoisotopic (exact) mass is 554 g/mol. The van der Waals surface area contributed by atoms with Gasteiger partial charge in [-0.3, -0.25) is 9.80 Å². The normalized spacial score (nSPS) is 41.4. The molecule has 0 aliphatic heterocycles. The molecule has 0 radical (unpaired) electrons. The second-order valence-corrected chi connectivity index (χ2v) is 16.1. The first-order valence-electron chi connectivity index (χ1n) is 19.0. The van der Waals surface area contributed by atoms with Gasteiger partial charge in [0.05, 0.1) is 0 Å². The number of hydrogen-bond donors (Lipinski definition) is 1. The highest BCUT2D eigenvalue weighted by atomic mass is 15.2. The molecule has 3 heteroatoms. The molecule has 2 atom stereocenters. The molecule has 0 aromatic heterocycles. The van der Waals surface area contributed by atoms with Crippen molar-refractivity contribution >= 4 is 0 Å². The van der Waals surface area contributed by atoms with Crippen molar-refractivity contribution in [1.82, 2.24) is 9.80 Å². The van der Waals surface area contributed by atoms with Gasteiger partial charge in [-0.2, -0.15) is 0 Å². The van der Waals surface area contributed by atoms with Crippen LogP contribution in [-0.4, -0.2) is 52.1 Å². The van der Waals surface area contributed by atoms with Gasteiger partial charge in [0, 0.05) is 42.3 Å². The number of hydrogen-bond acceptors (Lipinski definition) is 3. The van der Waals surface area contributed by atoms with Crippen LogP contribution in [0.25, 0.3) is 0 Å². The Labute approximate surface area is 249 Å². The van der Waals surface area contributed by atoms with Crippen molar-refractivity contribution in [2.75, 3.05) is 0 Å². The number of nitrogens with two attached hydrogens (primary N) is 1. The summed E-state index contributed by atoms with van der Waals surface area (Å²) in [5, 5.41) is 0. The average molecular weight is 554 g/mol. The van der Waals surface area contributed by atoms with E-state index >= 15 is 0 Å². The van der Waals surface area contributed by atoms with Gasteiger partial charge in [0.25, 0.3) is 0 Å². The molecule has 6 aliphatic rings. The van der Waals surface area contributed by atoms with E-state index in [0.29, 0.717) is 6.04 Å². The summed E-state index contributed by atoms with van der Waals surface area (Å²) < 4.78 is 0. The topological polar surface area (TPSA) is 32.5 Å². The van der Waals surface area contributed by atoms with Crippen LogP contribution in [0, 0.1) is 17.8 Å². The molecular formula is C37H67N3. The van der Waals surface area contributed by atoms with Gasteiger partial charge in [-0.1, -0.05) is 58.3 Å². The molecule has 0 heterocycles. The zero-order chi connectivity index (χ0) is 27.3. The summed E-state index contributed by atoms with van der Waals surface area (Å²) in [5.41, 5.74) is 6.35. The van der Waals surface area contributed by atoms with Crippen molar-refractivity contribution in [2.24, 2.45) is 23.5 Å². The van der Waals surface area contributed by atoms with Crippen LogP contribution in [0.1, 0.15) is 174 Å². The lowest BCUT2D eigenvalue weighted by molar-refractivity contribution is -0.00853. The summed E-state index contributed by atoms with van der Waals surface area (Å²) in [6, 6.07) is 5.82. The molecule has 0 bridgehead atoms. The van der Waals surface area contributed by atoms with Gasteiger partial charge in [-0.05, 0) is 133 Å². The van der Waals surface area contributed by atoms with Crippen molar-refractivity contribution in [3.8, 4) is 0 Å². The van der Waals surface area contributed by atoms with Gasteiger partial charge in [0.1, 0.15) is 0 Å². The predicted octanol–water partition coefficient (Wildman–Crippen LogP) is 9.22. The Balaban J connectivity index is 1.03. The Hall–Kier alpha value is -0.120. The number of nitrogens with zero attached hydrogens (tertiary/aromatic N) is 2. The van der Waals surface area contributed by atoms with Crippen LogP contribution in [0.4, 0.5) is 0 Å². The van der Waals surface area contributed by atoms with Crippen molar-refractivity contribution in [3.05, 3.63) is 0 Å². The summed E-state index contributed by atoms with van der Waals surface area (Å²) in [5.74, 6) is 3.02. The Morgan fingerprint density at radius 3 is 1.20 bits per heavy atom. The first kappa shape index (κ1) is 29.9. The Morgan fingerprint density at radius 2 is 0.750 bits per heavy atom. The third kappa shape index (κ3) is 7.32. The van der Waals surface area contributed by atoms with Crippen LogP contribution < -0.4 is 5.73 Å². The van der Waals surface area contributed by atoms with E-state index < -0.39 is 0 Å². The lowest BCUT2D eigenvalue weighted by atomic mass is 9.70. The molecule has 0 spiro atoms. The molecule has 0 amide bonds. The molecule has 0 aromatic rings. The third-order valence-electron chi connectivity index (χ3n) is 13.5. The molecule has 3 nitrogen and oxygen atoms in total. The van der Waals surface area contributed by atoms with Crippen LogP contribution in [0.15, 0.2) is 0 Å². The van der Waals surface area contributed by atoms with E-state index in [4.69, 9.17) is 5.73 Å². The van der Waals surface area contributed by atoms with Crippen LogP contribution in [0.2, 0.25) is 0 Å². The van der Waals surface area contributed by atoms with Crippen molar-refractivity contribution in [1.29, 1.82) is 0 Å². The summed E-state index contributed by atoms with van der Waals surface area (Å²) >= 11 is 0. The van der Waals surface area contributed by atoms with E-state index in [1.807, 2.05) is 0 Å². The fourth-order valence-electron chi connectivity index (χ4n) is 11.4. The first-order valence-corrected chi connectivity index (χ1v) is 19.0. The highest BCUT2D eigenvalue weighted by Gasteiger charge is 2.41. The van der Waals surface area contributed by atoms with Gasteiger partial charge in [-0.25, -0.2) is 0 Å². The summed E-state index contributed by atoms with van der Waals surface area (Å²) in [4.78, 5) is 6.34. The smallest absolute Gasteiger partial charge is 0.0104 e. The largest absolute Gasteiger partial charge is 0.328 e. The van der Waals surface area contributed by atoms with Gasteiger partial charge >= 0.3 is 0 Å². The lowest BCUT2D eigenvalue weighted by Crippen LogP contribution is -2.53. The molecular weight excluding hydrogens is 486 g/mol. The van der Waals surface area contributed by atoms with Gasteiger partial charge in [0.15, 0.2) is 0 Å². The molecule has 40 heavy (non-hydrogen) atoms. The second kappa shape index (κ2) is 14.6. The maximum Gasteiger partial charge on any atom is 0.0104 e. The van der Waals surface area contributed by atoms with E-state index in [9.17, 15) is 0 Å². The van der Waals surface area contributed by atoms with Gasteiger partial charge < -0.3 is 5.73 Å². The standard InChI is InChI=1S/C37H67N3/c1-28-9-8-14-37(27-28)40(33-12-6-3-7-13-33)35-23-17-30(18-24-35)29-15-21-34(22-16-29)39(32-10-4-2-5-11-32)36-25-19-31(38)20-26-36/h28-37H,2-27,38H2,1H3. The lowest BCUT2D eigenvalue weighted by Gasteiger charge is -2.51. The summed E-state index contributed by atoms with van der Waals surface area (Å²) in [7, 11) is 0. The van der Waals surface area contributed by atoms with E-state index in [2.05, 4.69) is 16.7 Å². The van der Waals surface area contributed by atoms with Crippen molar-refractivity contribution in [2.45, 2.75) is 216 Å². The Kier molecular flexibility index (Phi) is 10.9. The van der Waals surface area contributed by atoms with Gasteiger partial charge in [-0.15, -0.1) is 0 Å². The van der Waals surface area contributed by atoms with E-state index in [-0.39, 0.29) is 0 Å². The molecule has 2 N–H and O–H groups in total. The quantitative estimate of drug-likeness (QED) is 0.341. The SMILES string of the molecule is CC1CCCC(N(C2CCCCC2)C2CCC(C3CCC(N(C4CCCCC4)C4CCC(N)CC4)CC3)CC2)C1. The fourth-order valence-corrected chi connectivity index (χ4v) is 11.4. The summed E-state index contributed by atoms with van der Waals surface area (Å²) in [6.45, 7) is 2.54. The Morgan fingerprint density at radius 1 is 0.375 bits per heavy atom. The van der Waals surface area contributed by atoms with Crippen LogP contribution in [-0.2, 0) is 0 Å². The van der Waals surface area contributed by atoms with Gasteiger partial charge in [0.2, 0.25) is 0 Å². The fraction of sp³-hybridized carbons (Fsp3) is 1.00. The molecule has 230 valence electrons. The third-order valence-corrected chi connectivity index (χ3v) is 13.5. The molecule has 6 saturated carbocycles. The van der Waals surface area contributed by atoms with E-state index in [0.717, 1.165) is 54.0 Å². The minimum absolute atomic E-state index is 0.478. The highest BCUT2D eigenvalue weighted by Crippen LogP contribution is 2.44. The maximum atomic E-state index is 6.35. The van der Waals surface area contributed by atoms with E-state index in [1.54, 1.807) is 12.8 Å². The molecule has 6 aliphatic carbocycles. The number of rotatable bonds is 7. The minimum Gasteiger partial charge on any atom is -0.328 e. The zero-order valence-corrected chi connectivity index (χ0v) is 26.6. The molecule has 0 saturated heterocycles. The molecule has 2 unspecified atom stereocenters. The second-order valence-electron chi connectivity index (χ2n) is 16.1. The Bertz CT molecular complexity index is 718. The van der Waals surface area contributed by atoms with E-state index in [1.165, 1.54) is 154 Å². The van der Waals surface area contributed by atoms with Crippen molar-refractivity contribution < 1.29 is 0 Å². The maximum absolute atomic E-state index is 6.35. The summed E-state index contributed by atoms with van der Waals surface area (Å²) in [6.07, 6.45) is 38.3. The molecule has 0 aromatic carbocycles. The average Bonchev–Trinajstić information content (AvgIpc) is 3.00. The first-order chi connectivity index (χ1) is 19.7. The van der Waals surface area contributed by atoms with Crippen LogP contribution >= 0.6 is 0 Å². The van der Waals surface area contributed by atoms with Crippen molar-refractivity contribution in [3.63, 3.8) is 0 Å². The zero-order valence-electron chi connectivity index (χ0n) is 26.6. The molecule has 6 rings (SSSR count). The van der Waals surface area contributed by atoms with Crippen LogP contribution in [0.5, 0.6) is 0 Å². The van der Waals surface area contributed by atoms with Crippen LogP contribution in [0.3, 0.4) is 0 Å². The minimum atomic E-state index is 0.478. The molecule has 6 fully saturated rings. The highest BCUT2D eigenvalue weighted by molar-refractivity contribution is 4.96.